The van der Waals surface area contributed by atoms with Gasteiger partial charge in [-0.1, -0.05) is 24.3 Å². The third-order valence-electron chi connectivity index (χ3n) is 6.86. The maximum Gasteiger partial charge on any atom is 0.256 e. The van der Waals surface area contributed by atoms with Gasteiger partial charge in [-0.15, -0.1) is 0 Å². The lowest BCUT2D eigenvalue weighted by Gasteiger charge is -2.37. The fraction of sp³-hybridized carbons (Fsp3) is 0.520. The van der Waals surface area contributed by atoms with Gasteiger partial charge in [-0.25, -0.2) is 0 Å². The predicted octanol–water partition coefficient (Wildman–Crippen LogP) is 2.08. The highest BCUT2D eigenvalue weighted by Gasteiger charge is 2.33. The number of hydrogen-bond acceptors (Lipinski definition) is 5. The second kappa shape index (κ2) is 8.69. The number of amides is 1. The van der Waals surface area contributed by atoms with Crippen molar-refractivity contribution in [1.29, 1.82) is 0 Å². The van der Waals surface area contributed by atoms with Crippen LogP contribution in [0.5, 0.6) is 0 Å². The van der Waals surface area contributed by atoms with Crippen LogP contribution in [0.1, 0.15) is 39.7 Å². The molecular weight excluding hydrogens is 390 g/mol. The zero-order valence-corrected chi connectivity index (χ0v) is 18.2. The van der Waals surface area contributed by atoms with E-state index in [2.05, 4.69) is 34.1 Å². The molecule has 0 aliphatic carbocycles. The van der Waals surface area contributed by atoms with Crippen molar-refractivity contribution in [3.63, 3.8) is 0 Å². The molecule has 2 unspecified atom stereocenters. The highest BCUT2D eigenvalue weighted by molar-refractivity contribution is 5.96. The third-order valence-corrected chi connectivity index (χ3v) is 6.86. The molecule has 1 aromatic carbocycles. The summed E-state index contributed by atoms with van der Waals surface area (Å²) >= 11 is 0. The number of carbonyl (C=O) groups excluding carboxylic acids is 1. The highest BCUT2D eigenvalue weighted by Crippen LogP contribution is 2.25. The van der Waals surface area contributed by atoms with Gasteiger partial charge in [0.25, 0.3) is 5.91 Å². The first-order valence-electron chi connectivity index (χ1n) is 11.4. The van der Waals surface area contributed by atoms with Crippen LogP contribution in [0.2, 0.25) is 0 Å². The number of carbonyl (C=O) groups is 1. The topological polar surface area (TPSA) is 65.9 Å². The predicted molar refractivity (Wildman–Crippen MR) is 118 cm³/mol. The number of hydrogen-bond donors (Lipinski definition) is 1. The molecule has 2 aromatic rings. The van der Waals surface area contributed by atoms with Crippen LogP contribution < -0.4 is 0 Å². The van der Waals surface area contributed by atoms with Crippen molar-refractivity contribution in [2.45, 2.75) is 44.9 Å². The molecule has 1 aromatic heterocycles. The molecule has 4 heterocycles. The molecule has 6 nitrogen and oxygen atoms in total. The summed E-state index contributed by atoms with van der Waals surface area (Å²) in [7, 11) is 0. The Morgan fingerprint density at radius 1 is 1.23 bits per heavy atom. The van der Waals surface area contributed by atoms with E-state index in [9.17, 15) is 9.90 Å². The number of β-amino-alcohol motifs (C(OH)–C–C–N with tert-alkyl or cyclic N) is 1. The minimum absolute atomic E-state index is 0.00370. The van der Waals surface area contributed by atoms with Crippen LogP contribution in [0.4, 0.5) is 0 Å². The summed E-state index contributed by atoms with van der Waals surface area (Å²) < 4.78 is 5.27. The van der Waals surface area contributed by atoms with E-state index in [-0.39, 0.29) is 11.9 Å². The van der Waals surface area contributed by atoms with Gasteiger partial charge in [0.15, 0.2) is 0 Å². The second-order valence-electron chi connectivity index (χ2n) is 9.36. The van der Waals surface area contributed by atoms with E-state index in [0.717, 1.165) is 56.8 Å². The Balaban J connectivity index is 1.23. The number of aromatic nitrogens is 1. The van der Waals surface area contributed by atoms with Crippen molar-refractivity contribution in [2.24, 2.45) is 5.92 Å². The molecule has 1 N–H and O–H groups in total. The molecule has 0 bridgehead atoms. The van der Waals surface area contributed by atoms with Crippen molar-refractivity contribution < 1.29 is 14.6 Å². The van der Waals surface area contributed by atoms with E-state index in [4.69, 9.17) is 4.74 Å². The van der Waals surface area contributed by atoms with E-state index < -0.39 is 6.10 Å². The Morgan fingerprint density at radius 2 is 2.03 bits per heavy atom. The monoisotopic (exact) mass is 421 g/mol. The maximum atomic E-state index is 13.3. The van der Waals surface area contributed by atoms with Crippen LogP contribution in [-0.2, 0) is 30.5 Å². The summed E-state index contributed by atoms with van der Waals surface area (Å²) in [4.78, 5) is 22.0. The number of benzene rings is 1. The van der Waals surface area contributed by atoms with Crippen LogP contribution in [0.3, 0.4) is 0 Å². The van der Waals surface area contributed by atoms with Crippen LogP contribution in [0.25, 0.3) is 0 Å². The summed E-state index contributed by atoms with van der Waals surface area (Å²) in [6.45, 7) is 6.38. The number of pyridine rings is 1. The normalized spacial score (nSPS) is 22.6. The largest absolute Gasteiger partial charge is 0.390 e. The third kappa shape index (κ3) is 4.38. The first-order valence-corrected chi connectivity index (χ1v) is 11.4. The van der Waals surface area contributed by atoms with Crippen molar-refractivity contribution >= 4 is 5.91 Å². The van der Waals surface area contributed by atoms with Crippen LogP contribution >= 0.6 is 0 Å². The summed E-state index contributed by atoms with van der Waals surface area (Å²) in [5.74, 6) is 0.529. The number of ether oxygens (including phenoxy) is 1. The quantitative estimate of drug-likeness (QED) is 0.774. The van der Waals surface area contributed by atoms with Gasteiger partial charge in [0.2, 0.25) is 0 Å². The van der Waals surface area contributed by atoms with Crippen molar-refractivity contribution in [3.05, 3.63) is 64.5 Å². The molecule has 164 valence electrons. The molecular formula is C25H31N3O3. The molecule has 1 saturated heterocycles. The summed E-state index contributed by atoms with van der Waals surface area (Å²) in [5.41, 5.74) is 5.43. The zero-order chi connectivity index (χ0) is 21.4. The zero-order valence-electron chi connectivity index (χ0n) is 18.2. The number of nitrogens with zero attached hydrogens (tertiary/aromatic N) is 3. The van der Waals surface area contributed by atoms with Gasteiger partial charge in [0, 0.05) is 50.8 Å². The van der Waals surface area contributed by atoms with Gasteiger partial charge >= 0.3 is 0 Å². The molecule has 1 fully saturated rings. The smallest absolute Gasteiger partial charge is 0.256 e. The Hall–Kier alpha value is -2.28. The Morgan fingerprint density at radius 3 is 2.81 bits per heavy atom. The lowest BCUT2D eigenvalue weighted by molar-refractivity contribution is -0.0312. The molecule has 31 heavy (non-hydrogen) atoms. The van der Waals surface area contributed by atoms with E-state index in [1.54, 1.807) is 0 Å². The number of fused-ring (bicyclic) bond motifs is 2. The molecule has 3 aliphatic heterocycles. The van der Waals surface area contributed by atoms with Gasteiger partial charge in [-0.2, -0.15) is 0 Å². The van der Waals surface area contributed by atoms with Crippen LogP contribution in [0, 0.1) is 5.92 Å². The standard InChI is InChI=1S/C25H31N3O3/c1-17-8-24-23(10-18(11-26-24)9-19-15-31-16-19)25(30)28(17)14-22(29)13-27-7-6-20-4-2-3-5-21(20)12-27/h2-5,10-11,17,19,22,29H,6-9,12-16H2,1H3. The summed E-state index contributed by atoms with van der Waals surface area (Å²) in [6, 6.07) is 10.6. The van der Waals surface area contributed by atoms with E-state index in [1.165, 1.54) is 11.1 Å². The Labute approximate surface area is 183 Å². The average Bonchev–Trinajstić information content (AvgIpc) is 2.74. The SMILES string of the molecule is CC1Cc2ncc(CC3COC3)cc2C(=O)N1CC(O)CN1CCc2ccccc2C1. The number of rotatable bonds is 6. The Kier molecular flexibility index (Phi) is 5.78. The molecule has 2 atom stereocenters. The highest BCUT2D eigenvalue weighted by atomic mass is 16.5. The molecule has 0 saturated carbocycles. The first kappa shape index (κ1) is 20.6. The lowest BCUT2D eigenvalue weighted by Crippen LogP contribution is -2.50. The van der Waals surface area contributed by atoms with Crippen molar-refractivity contribution in [2.75, 3.05) is 32.8 Å². The molecule has 5 rings (SSSR count). The molecule has 0 spiro atoms. The van der Waals surface area contributed by atoms with Crippen LogP contribution in [-0.4, -0.2) is 70.8 Å². The van der Waals surface area contributed by atoms with E-state index in [1.807, 2.05) is 24.1 Å². The fourth-order valence-corrected chi connectivity index (χ4v) is 5.03. The Bertz CT molecular complexity index is 959. The number of aliphatic hydroxyl groups is 1. The number of aliphatic hydroxyl groups excluding tert-OH is 1. The van der Waals surface area contributed by atoms with Gasteiger partial charge in [0.1, 0.15) is 0 Å². The van der Waals surface area contributed by atoms with E-state index >= 15 is 0 Å². The van der Waals surface area contributed by atoms with Gasteiger partial charge < -0.3 is 14.7 Å². The van der Waals surface area contributed by atoms with E-state index in [0.29, 0.717) is 24.6 Å². The molecule has 3 aliphatic rings. The van der Waals surface area contributed by atoms with Gasteiger partial charge in [0.05, 0.1) is 30.6 Å². The second-order valence-corrected chi connectivity index (χ2v) is 9.36. The maximum absolute atomic E-state index is 13.3. The molecule has 6 heteroatoms. The average molecular weight is 422 g/mol. The summed E-state index contributed by atoms with van der Waals surface area (Å²) in [5, 5.41) is 10.8. The first-order chi connectivity index (χ1) is 15.1. The minimum Gasteiger partial charge on any atom is -0.390 e. The minimum atomic E-state index is -0.568. The fourth-order valence-electron chi connectivity index (χ4n) is 5.03. The molecule has 1 amide bonds. The van der Waals surface area contributed by atoms with Gasteiger partial charge in [-0.05, 0) is 42.5 Å². The summed E-state index contributed by atoms with van der Waals surface area (Å²) in [6.07, 6.45) is 3.99. The van der Waals surface area contributed by atoms with Crippen molar-refractivity contribution in [1.82, 2.24) is 14.8 Å². The molecule has 0 radical (unpaired) electrons. The van der Waals surface area contributed by atoms with Crippen LogP contribution in [0.15, 0.2) is 36.5 Å². The lowest BCUT2D eigenvalue weighted by atomic mass is 9.93. The van der Waals surface area contributed by atoms with Crippen molar-refractivity contribution in [3.8, 4) is 0 Å². The van der Waals surface area contributed by atoms with Gasteiger partial charge in [-0.3, -0.25) is 14.7 Å².